The Morgan fingerprint density at radius 2 is 1.23 bits per heavy atom. The summed E-state index contributed by atoms with van der Waals surface area (Å²) in [5, 5.41) is 3.14. The van der Waals surface area contributed by atoms with Crippen LogP contribution in [0.4, 0.5) is 10.3 Å². The second-order valence-corrected chi connectivity index (χ2v) is 12.4. The molecule has 0 saturated carbocycles. The van der Waals surface area contributed by atoms with Gasteiger partial charge in [-0.2, -0.15) is 0 Å². The molecule has 4 aliphatic heterocycles. The van der Waals surface area contributed by atoms with E-state index in [9.17, 15) is 0 Å². The summed E-state index contributed by atoms with van der Waals surface area (Å²) >= 11 is 5.22. The first-order valence-electron chi connectivity index (χ1n) is 12.2. The van der Waals surface area contributed by atoms with E-state index < -0.39 is 10.2 Å². The van der Waals surface area contributed by atoms with Gasteiger partial charge in [-0.3, -0.25) is 0 Å². The molecule has 6 heterocycles. The van der Waals surface area contributed by atoms with E-state index in [1.54, 1.807) is 34.4 Å². The third-order valence-electron chi connectivity index (χ3n) is 6.06. The zero-order valence-electron chi connectivity index (χ0n) is 20.9. The molecule has 0 unspecified atom stereocenters. The van der Waals surface area contributed by atoms with Gasteiger partial charge in [0.25, 0.3) is 0 Å². The summed E-state index contributed by atoms with van der Waals surface area (Å²) in [6, 6.07) is 0. The highest BCUT2D eigenvalue weighted by Crippen LogP contribution is 2.42. The number of aromatic nitrogens is 2. The minimum Gasteiger partial charge on any atom is -0.378 e. The summed E-state index contributed by atoms with van der Waals surface area (Å²) in [6.45, 7) is 9.79. The van der Waals surface area contributed by atoms with E-state index in [1.165, 1.54) is 5.57 Å². The molecule has 212 valence electrons. The largest absolute Gasteiger partial charge is 0.378 e. The van der Waals surface area contributed by atoms with Crippen LogP contribution >= 0.6 is 34.4 Å². The normalized spacial score (nSPS) is 20.4. The highest BCUT2D eigenvalue weighted by Gasteiger charge is 2.30. The van der Waals surface area contributed by atoms with Gasteiger partial charge in [0.1, 0.15) is 13.1 Å². The SMILES string of the molecule is C1=NC(=[N+]2CCOCC2)SC1=C(c1cnc(N2CCOCC2)s1)c1cnc(N2CCOCC2)s1.[O-][Cl+3]([O-])([O-])[O-]. The van der Waals surface area contributed by atoms with Gasteiger partial charge >= 0.3 is 5.17 Å². The molecule has 0 bridgehead atoms. The molecule has 0 spiro atoms. The third kappa shape index (κ3) is 7.95. The lowest BCUT2D eigenvalue weighted by Gasteiger charge is -2.26. The number of nitrogens with zero attached hydrogens (tertiary/aromatic N) is 6. The number of amidine groups is 1. The van der Waals surface area contributed by atoms with Gasteiger partial charge in [-0.05, 0) is 4.99 Å². The smallest absolute Gasteiger partial charge is 0.359 e. The number of hydrogen-bond acceptors (Lipinski definition) is 14. The summed E-state index contributed by atoms with van der Waals surface area (Å²) in [5.41, 5.74) is 1.17. The molecule has 6 rings (SSSR count). The Hall–Kier alpha value is -1.70. The average molecular weight is 619 g/mol. The van der Waals surface area contributed by atoms with Crippen molar-refractivity contribution in [2.45, 2.75) is 0 Å². The second-order valence-electron chi connectivity index (χ2n) is 8.57. The molecule has 13 nitrogen and oxygen atoms in total. The predicted molar refractivity (Wildman–Crippen MR) is 138 cm³/mol. The number of morpholine rings is 3. The van der Waals surface area contributed by atoms with E-state index in [1.807, 2.05) is 18.6 Å². The fourth-order valence-corrected chi connectivity index (χ4v) is 7.53. The van der Waals surface area contributed by atoms with Gasteiger partial charge in [0, 0.05) is 55.9 Å². The maximum absolute atomic E-state index is 8.49. The van der Waals surface area contributed by atoms with E-state index >= 15 is 0 Å². The Kier molecular flexibility index (Phi) is 9.83. The Labute approximate surface area is 239 Å². The van der Waals surface area contributed by atoms with Crippen LogP contribution in [0.1, 0.15) is 9.75 Å². The fourth-order valence-electron chi connectivity index (χ4n) is 4.21. The van der Waals surface area contributed by atoms with Gasteiger partial charge in [-0.15, -0.1) is 10.2 Å². The highest BCUT2D eigenvalue weighted by atomic mass is 35.7. The molecule has 2 aromatic rings. The number of hydrogen-bond donors (Lipinski definition) is 0. The number of thioether (sulfide) groups is 1. The molecule has 0 aromatic carbocycles. The van der Waals surface area contributed by atoms with Gasteiger partial charge in [0.2, 0.25) is 0 Å². The van der Waals surface area contributed by atoms with Crippen LogP contribution in [-0.4, -0.2) is 105 Å². The number of thiazole rings is 2. The summed E-state index contributed by atoms with van der Waals surface area (Å²) in [6.07, 6.45) is 6.02. The van der Waals surface area contributed by atoms with Crippen LogP contribution < -0.4 is 28.4 Å². The lowest BCUT2D eigenvalue weighted by Crippen LogP contribution is -2.68. The Morgan fingerprint density at radius 1 is 0.769 bits per heavy atom. The zero-order chi connectivity index (χ0) is 27.2. The van der Waals surface area contributed by atoms with Gasteiger partial charge in [-0.25, -0.2) is 33.2 Å². The van der Waals surface area contributed by atoms with Crippen LogP contribution in [0.25, 0.3) is 5.57 Å². The fraction of sp³-hybridized carbons (Fsp3) is 0.545. The first kappa shape index (κ1) is 28.8. The molecule has 3 saturated heterocycles. The van der Waals surface area contributed by atoms with E-state index in [0.717, 1.165) is 109 Å². The molecule has 0 aliphatic carbocycles. The molecule has 0 radical (unpaired) electrons. The second kappa shape index (κ2) is 13.3. The van der Waals surface area contributed by atoms with Crippen molar-refractivity contribution in [2.75, 3.05) is 88.7 Å². The minimum absolute atomic E-state index is 0.751. The van der Waals surface area contributed by atoms with Crippen molar-refractivity contribution in [1.29, 1.82) is 0 Å². The molecular formula is C22H27ClN6O7S3. The molecule has 0 amide bonds. The standard InChI is InChI=1S/C22H27N6O3S3.ClHO4/c1-7-29-8-2-26(1)20-23-13-16(32-20)19(17-14-24-21(33-17)27-3-9-30-10-4-27)18-15-25-22(34-18)28-5-11-31-12-6-28;2-1(3,4)5/h13-15H,1-12H2;(H,2,3,4,5)/q+1;/p-1. The molecule has 39 heavy (non-hydrogen) atoms. The van der Waals surface area contributed by atoms with Crippen LogP contribution in [0.3, 0.4) is 0 Å². The summed E-state index contributed by atoms with van der Waals surface area (Å²) in [4.78, 5) is 22.4. The molecule has 4 aliphatic rings. The summed E-state index contributed by atoms with van der Waals surface area (Å²) in [7, 11) is -4.94. The Bertz CT molecular complexity index is 1150. The van der Waals surface area contributed by atoms with E-state index in [2.05, 4.69) is 14.4 Å². The van der Waals surface area contributed by atoms with Crippen LogP contribution in [0.5, 0.6) is 0 Å². The molecular weight excluding hydrogens is 592 g/mol. The monoisotopic (exact) mass is 618 g/mol. The van der Waals surface area contributed by atoms with Gasteiger partial charge in [0.05, 0.1) is 54.3 Å². The number of ether oxygens (including phenoxy) is 3. The summed E-state index contributed by atoms with van der Waals surface area (Å²) in [5.74, 6) is 0. The number of anilines is 2. The van der Waals surface area contributed by atoms with Crippen LogP contribution in [0, 0.1) is 10.2 Å². The van der Waals surface area contributed by atoms with Crippen molar-refractivity contribution in [3.8, 4) is 0 Å². The number of allylic oxidation sites excluding steroid dienone is 1. The van der Waals surface area contributed by atoms with Crippen LogP contribution in [0.15, 0.2) is 22.3 Å². The molecule has 17 heteroatoms. The topological polar surface area (TPSA) is 168 Å². The van der Waals surface area contributed by atoms with Crippen molar-refractivity contribution in [1.82, 2.24) is 9.97 Å². The maximum atomic E-state index is 8.49. The van der Waals surface area contributed by atoms with Crippen molar-refractivity contribution >= 4 is 61.7 Å². The average Bonchev–Trinajstić information content (AvgIpc) is 3.72. The Morgan fingerprint density at radius 3 is 1.72 bits per heavy atom. The third-order valence-corrected chi connectivity index (χ3v) is 9.29. The quantitative estimate of drug-likeness (QED) is 0.331. The van der Waals surface area contributed by atoms with Crippen molar-refractivity contribution < 1.29 is 47.7 Å². The predicted octanol–water partition coefficient (Wildman–Crippen LogP) is -2.51. The van der Waals surface area contributed by atoms with E-state index in [4.69, 9.17) is 47.8 Å². The van der Waals surface area contributed by atoms with Gasteiger partial charge < -0.3 is 24.0 Å². The first-order chi connectivity index (χ1) is 18.8. The molecule has 0 atom stereocenters. The van der Waals surface area contributed by atoms with Gasteiger partial charge in [0.15, 0.2) is 16.5 Å². The number of aliphatic imine (C=N–C) groups is 1. The highest BCUT2D eigenvalue weighted by molar-refractivity contribution is 8.18. The van der Waals surface area contributed by atoms with Crippen LogP contribution in [0.2, 0.25) is 0 Å². The lowest BCUT2D eigenvalue weighted by molar-refractivity contribution is -2.00. The zero-order valence-corrected chi connectivity index (χ0v) is 24.1. The van der Waals surface area contributed by atoms with Gasteiger partial charge in [-0.1, -0.05) is 22.7 Å². The molecule has 3 fully saturated rings. The number of halogens is 1. The van der Waals surface area contributed by atoms with Crippen molar-refractivity contribution in [3.05, 3.63) is 27.1 Å². The van der Waals surface area contributed by atoms with E-state index in [0.29, 0.717) is 0 Å². The maximum Gasteiger partial charge on any atom is 0.359 e. The molecule has 0 N–H and O–H groups in total. The van der Waals surface area contributed by atoms with E-state index in [-0.39, 0.29) is 0 Å². The first-order valence-corrected chi connectivity index (χ1v) is 15.9. The lowest BCUT2D eigenvalue weighted by atomic mass is 10.2. The summed E-state index contributed by atoms with van der Waals surface area (Å²) < 4.78 is 52.9. The molecule has 2 aromatic heterocycles. The number of rotatable bonds is 4. The Balaban J connectivity index is 0.000000567. The van der Waals surface area contributed by atoms with Crippen molar-refractivity contribution in [3.63, 3.8) is 0 Å². The van der Waals surface area contributed by atoms with Crippen molar-refractivity contribution in [2.24, 2.45) is 4.99 Å². The minimum atomic E-state index is -4.94. The van der Waals surface area contributed by atoms with Crippen LogP contribution in [-0.2, 0) is 14.2 Å².